The quantitative estimate of drug-likeness (QED) is 0.705. The van der Waals surface area contributed by atoms with Gasteiger partial charge < -0.3 is 4.90 Å². The number of rotatable bonds is 2. The SMILES string of the molecule is CC(C)(C)C1CN(C2CC3(CCN(C4CCN(C(C)(C)C)CC4)CC3)C2)C1. The average molecular weight is 376 g/mol. The van der Waals surface area contributed by atoms with Gasteiger partial charge in [0.1, 0.15) is 0 Å². The molecule has 0 aromatic carbocycles. The van der Waals surface area contributed by atoms with E-state index in [9.17, 15) is 0 Å². The molecule has 0 unspecified atom stereocenters. The topological polar surface area (TPSA) is 9.72 Å². The third-order valence-corrected chi connectivity index (χ3v) is 8.78. The number of hydrogen-bond donors (Lipinski definition) is 0. The molecule has 3 saturated heterocycles. The molecular formula is C24H45N3. The van der Waals surface area contributed by atoms with E-state index in [2.05, 4.69) is 56.2 Å². The number of hydrogen-bond acceptors (Lipinski definition) is 3. The van der Waals surface area contributed by atoms with Crippen LogP contribution in [0.4, 0.5) is 0 Å². The van der Waals surface area contributed by atoms with Crippen LogP contribution in [-0.2, 0) is 0 Å². The molecule has 0 bridgehead atoms. The van der Waals surface area contributed by atoms with E-state index in [-0.39, 0.29) is 0 Å². The van der Waals surface area contributed by atoms with Gasteiger partial charge in [0.25, 0.3) is 0 Å². The summed E-state index contributed by atoms with van der Waals surface area (Å²) in [6.45, 7) is 22.4. The first kappa shape index (κ1) is 20.2. The Labute approximate surface area is 168 Å². The van der Waals surface area contributed by atoms with Gasteiger partial charge in [-0.25, -0.2) is 0 Å². The molecular weight excluding hydrogens is 330 g/mol. The fourth-order valence-corrected chi connectivity index (χ4v) is 6.23. The van der Waals surface area contributed by atoms with Crippen molar-refractivity contribution in [2.45, 2.75) is 97.7 Å². The lowest BCUT2D eigenvalue weighted by Crippen LogP contribution is -2.63. The smallest absolute Gasteiger partial charge is 0.0125 e. The van der Waals surface area contributed by atoms with E-state index in [0.717, 1.165) is 23.4 Å². The van der Waals surface area contributed by atoms with Crippen LogP contribution in [0.1, 0.15) is 80.1 Å². The molecule has 0 radical (unpaired) electrons. The van der Waals surface area contributed by atoms with Crippen LogP contribution >= 0.6 is 0 Å². The summed E-state index contributed by atoms with van der Waals surface area (Å²) in [5.74, 6) is 0.926. The van der Waals surface area contributed by atoms with E-state index in [1.807, 2.05) is 0 Å². The summed E-state index contributed by atoms with van der Waals surface area (Å²) in [4.78, 5) is 8.34. The summed E-state index contributed by atoms with van der Waals surface area (Å²) < 4.78 is 0. The standard InChI is InChI=1S/C24H45N3/c1-22(2,3)19-17-26(18-19)21-15-24(16-21)9-13-25(14-10-24)20-7-11-27(12-8-20)23(4,5)6/h19-21H,7-18H2,1-6H3. The van der Waals surface area contributed by atoms with Gasteiger partial charge in [-0.15, -0.1) is 0 Å². The number of likely N-dealkylation sites (tertiary alicyclic amines) is 3. The second-order valence-corrected chi connectivity index (χ2v) is 12.5. The third kappa shape index (κ3) is 4.12. The molecule has 4 fully saturated rings. The third-order valence-electron chi connectivity index (χ3n) is 8.78. The van der Waals surface area contributed by atoms with Crippen molar-refractivity contribution in [2.75, 3.05) is 39.3 Å². The summed E-state index contributed by atoms with van der Waals surface area (Å²) in [6.07, 6.45) is 8.71. The molecule has 0 aromatic rings. The maximum absolute atomic E-state index is 2.86. The first-order valence-corrected chi connectivity index (χ1v) is 11.8. The van der Waals surface area contributed by atoms with Crippen molar-refractivity contribution in [3.05, 3.63) is 0 Å². The molecule has 156 valence electrons. The van der Waals surface area contributed by atoms with Crippen LogP contribution in [0, 0.1) is 16.7 Å². The highest BCUT2D eigenvalue weighted by Crippen LogP contribution is 2.53. The van der Waals surface area contributed by atoms with Crippen LogP contribution in [0.15, 0.2) is 0 Å². The van der Waals surface area contributed by atoms with E-state index in [4.69, 9.17) is 0 Å². The zero-order valence-electron chi connectivity index (χ0n) is 19.1. The Balaban J connectivity index is 1.18. The molecule has 0 N–H and O–H groups in total. The second kappa shape index (κ2) is 6.99. The van der Waals surface area contributed by atoms with Gasteiger partial charge in [-0.3, -0.25) is 9.80 Å². The highest BCUT2D eigenvalue weighted by molar-refractivity contribution is 5.05. The zero-order chi connectivity index (χ0) is 19.4. The Morgan fingerprint density at radius 2 is 1.26 bits per heavy atom. The molecule has 1 saturated carbocycles. The zero-order valence-corrected chi connectivity index (χ0v) is 19.1. The van der Waals surface area contributed by atoms with Gasteiger partial charge in [-0.2, -0.15) is 0 Å². The maximum Gasteiger partial charge on any atom is 0.0125 e. The van der Waals surface area contributed by atoms with Crippen LogP contribution in [-0.4, -0.2) is 71.6 Å². The Hall–Kier alpha value is -0.120. The van der Waals surface area contributed by atoms with Crippen molar-refractivity contribution in [1.29, 1.82) is 0 Å². The minimum absolute atomic E-state index is 0.348. The minimum Gasteiger partial charge on any atom is -0.300 e. The molecule has 3 aliphatic heterocycles. The molecule has 27 heavy (non-hydrogen) atoms. The van der Waals surface area contributed by atoms with Gasteiger partial charge in [0, 0.05) is 43.8 Å². The largest absolute Gasteiger partial charge is 0.300 e. The monoisotopic (exact) mass is 375 g/mol. The van der Waals surface area contributed by atoms with Crippen molar-refractivity contribution < 1.29 is 0 Å². The van der Waals surface area contributed by atoms with Crippen molar-refractivity contribution in [1.82, 2.24) is 14.7 Å². The molecule has 3 heterocycles. The predicted molar refractivity (Wildman–Crippen MR) is 115 cm³/mol. The first-order chi connectivity index (χ1) is 12.6. The van der Waals surface area contributed by atoms with Crippen molar-refractivity contribution in [3.8, 4) is 0 Å². The highest BCUT2D eigenvalue weighted by atomic mass is 15.3. The van der Waals surface area contributed by atoms with Crippen LogP contribution in [0.5, 0.6) is 0 Å². The van der Waals surface area contributed by atoms with Crippen molar-refractivity contribution >= 4 is 0 Å². The molecule has 3 heteroatoms. The molecule has 1 spiro atoms. The maximum atomic E-state index is 2.86. The Morgan fingerprint density at radius 3 is 1.74 bits per heavy atom. The van der Waals surface area contributed by atoms with Crippen LogP contribution in [0.3, 0.4) is 0 Å². The van der Waals surface area contributed by atoms with E-state index in [0.29, 0.717) is 11.0 Å². The van der Waals surface area contributed by atoms with Gasteiger partial charge in [0.05, 0.1) is 0 Å². The highest BCUT2D eigenvalue weighted by Gasteiger charge is 2.51. The molecule has 1 aliphatic carbocycles. The van der Waals surface area contributed by atoms with Crippen LogP contribution < -0.4 is 0 Å². The van der Waals surface area contributed by atoms with Gasteiger partial charge in [-0.05, 0) is 89.1 Å². The molecule has 0 atom stereocenters. The summed E-state index contributed by atoms with van der Waals surface area (Å²) in [5, 5.41) is 0. The van der Waals surface area contributed by atoms with Crippen molar-refractivity contribution in [2.24, 2.45) is 16.7 Å². The number of piperidine rings is 2. The lowest BCUT2D eigenvalue weighted by molar-refractivity contribution is -0.102. The predicted octanol–water partition coefficient (Wildman–Crippen LogP) is 4.47. The Bertz CT molecular complexity index is 499. The van der Waals surface area contributed by atoms with Crippen LogP contribution in [0.2, 0.25) is 0 Å². The molecule has 4 rings (SSSR count). The van der Waals surface area contributed by atoms with E-state index in [1.54, 1.807) is 0 Å². The summed E-state index contributed by atoms with van der Waals surface area (Å²) in [7, 11) is 0. The fourth-order valence-electron chi connectivity index (χ4n) is 6.23. The summed E-state index contributed by atoms with van der Waals surface area (Å²) in [5.41, 5.74) is 1.58. The second-order valence-electron chi connectivity index (χ2n) is 12.5. The van der Waals surface area contributed by atoms with E-state index < -0.39 is 0 Å². The Morgan fingerprint density at radius 1 is 0.704 bits per heavy atom. The number of nitrogens with zero attached hydrogens (tertiary/aromatic N) is 3. The molecule has 3 nitrogen and oxygen atoms in total. The average Bonchev–Trinajstić information content (AvgIpc) is 2.50. The van der Waals surface area contributed by atoms with E-state index >= 15 is 0 Å². The lowest BCUT2D eigenvalue weighted by atomic mass is 9.58. The molecule has 4 aliphatic rings. The first-order valence-electron chi connectivity index (χ1n) is 11.8. The van der Waals surface area contributed by atoms with Gasteiger partial charge in [0.2, 0.25) is 0 Å². The van der Waals surface area contributed by atoms with Gasteiger partial charge >= 0.3 is 0 Å². The molecule has 0 amide bonds. The Kier molecular flexibility index (Phi) is 5.22. The molecule has 0 aromatic heterocycles. The minimum atomic E-state index is 0.348. The lowest BCUT2D eigenvalue weighted by Gasteiger charge is -2.60. The normalized spacial score (nSPS) is 30.4. The van der Waals surface area contributed by atoms with Crippen molar-refractivity contribution in [3.63, 3.8) is 0 Å². The summed E-state index contributed by atoms with van der Waals surface area (Å²) >= 11 is 0. The fraction of sp³-hybridized carbons (Fsp3) is 1.00. The van der Waals surface area contributed by atoms with E-state index in [1.165, 1.54) is 77.8 Å². The summed E-state index contributed by atoms with van der Waals surface area (Å²) in [6, 6.07) is 1.78. The van der Waals surface area contributed by atoms with Gasteiger partial charge in [0.15, 0.2) is 0 Å². The van der Waals surface area contributed by atoms with Gasteiger partial charge in [-0.1, -0.05) is 20.8 Å². The van der Waals surface area contributed by atoms with Crippen LogP contribution in [0.25, 0.3) is 0 Å².